The Morgan fingerprint density at radius 1 is 1.17 bits per heavy atom. The molecule has 3 nitrogen and oxygen atoms in total. The van der Waals surface area contributed by atoms with Crippen LogP contribution in [0.3, 0.4) is 0 Å². The van der Waals surface area contributed by atoms with Crippen LogP contribution < -0.4 is 4.74 Å². The van der Waals surface area contributed by atoms with Gasteiger partial charge in [-0.1, -0.05) is 24.3 Å². The lowest BCUT2D eigenvalue weighted by Gasteiger charge is -2.12. The van der Waals surface area contributed by atoms with Gasteiger partial charge in [0, 0.05) is 12.5 Å². The zero-order valence-corrected chi connectivity index (χ0v) is 10.9. The first-order valence-corrected chi connectivity index (χ1v) is 6.32. The van der Waals surface area contributed by atoms with E-state index in [0.29, 0.717) is 0 Å². The summed E-state index contributed by atoms with van der Waals surface area (Å²) in [7, 11) is 1.64. The minimum atomic E-state index is 0.126. The number of benzene rings is 1. The molecule has 0 bridgehead atoms. The van der Waals surface area contributed by atoms with E-state index in [4.69, 9.17) is 9.84 Å². The van der Waals surface area contributed by atoms with Gasteiger partial charge in [0.1, 0.15) is 5.75 Å². The highest BCUT2D eigenvalue weighted by Gasteiger charge is 2.08. The van der Waals surface area contributed by atoms with Gasteiger partial charge in [0.2, 0.25) is 0 Å². The summed E-state index contributed by atoms with van der Waals surface area (Å²) in [5, 5.41) is 18.1. The fraction of sp³-hybridized carbons (Fsp3) is 0.467. The van der Waals surface area contributed by atoms with Gasteiger partial charge in [0.25, 0.3) is 0 Å². The first-order chi connectivity index (χ1) is 8.81. The van der Waals surface area contributed by atoms with Crippen LogP contribution in [0.25, 0.3) is 0 Å². The van der Waals surface area contributed by atoms with Crippen molar-refractivity contribution in [2.75, 3.05) is 20.3 Å². The molecule has 0 aliphatic rings. The number of aliphatic hydroxyl groups is 2. The van der Waals surface area contributed by atoms with E-state index in [1.165, 1.54) is 0 Å². The summed E-state index contributed by atoms with van der Waals surface area (Å²) < 4.78 is 5.11. The van der Waals surface area contributed by atoms with Gasteiger partial charge in [-0.2, -0.15) is 0 Å². The summed E-state index contributed by atoms with van der Waals surface area (Å²) in [6.45, 7) is 0.364. The predicted octanol–water partition coefficient (Wildman–Crippen LogP) is 2.49. The predicted molar refractivity (Wildman–Crippen MR) is 72.9 cm³/mol. The van der Waals surface area contributed by atoms with Crippen LogP contribution >= 0.6 is 0 Å². The SMILES string of the molecule is COc1ccc(C(CO)C/C=C/CCCO)cc1. The molecule has 3 heteroatoms. The van der Waals surface area contributed by atoms with Crippen molar-refractivity contribution in [3.8, 4) is 5.75 Å². The van der Waals surface area contributed by atoms with Gasteiger partial charge < -0.3 is 14.9 Å². The standard InChI is InChI=1S/C15H22O3/c1-18-15-9-7-13(8-10-15)14(12-17)6-4-2-3-5-11-16/h2,4,7-10,14,16-17H,3,5-6,11-12H2,1H3/b4-2+. The molecular weight excluding hydrogens is 228 g/mol. The highest BCUT2D eigenvalue weighted by molar-refractivity contribution is 5.29. The zero-order chi connectivity index (χ0) is 13.2. The number of ether oxygens (including phenoxy) is 1. The third kappa shape index (κ3) is 4.90. The summed E-state index contributed by atoms with van der Waals surface area (Å²) in [6.07, 6.45) is 6.62. The van der Waals surface area contributed by atoms with Crippen molar-refractivity contribution in [2.45, 2.75) is 25.2 Å². The Labute approximate surface area is 109 Å². The molecule has 1 aromatic rings. The maximum Gasteiger partial charge on any atom is 0.118 e. The van der Waals surface area contributed by atoms with E-state index in [1.54, 1.807) is 7.11 Å². The van der Waals surface area contributed by atoms with Crippen LogP contribution in [0.1, 0.15) is 30.7 Å². The average Bonchev–Trinajstić information content (AvgIpc) is 2.43. The molecule has 1 unspecified atom stereocenters. The summed E-state index contributed by atoms with van der Waals surface area (Å²) in [6, 6.07) is 7.80. The van der Waals surface area contributed by atoms with Gasteiger partial charge in [-0.3, -0.25) is 0 Å². The minimum Gasteiger partial charge on any atom is -0.497 e. The third-order valence-corrected chi connectivity index (χ3v) is 2.92. The molecule has 0 heterocycles. The topological polar surface area (TPSA) is 49.7 Å². The normalized spacial score (nSPS) is 12.8. The number of methoxy groups -OCH3 is 1. The van der Waals surface area contributed by atoms with E-state index in [9.17, 15) is 5.11 Å². The van der Waals surface area contributed by atoms with E-state index in [2.05, 4.69) is 12.2 Å². The molecule has 0 saturated carbocycles. The lowest BCUT2D eigenvalue weighted by atomic mass is 9.96. The summed E-state index contributed by atoms with van der Waals surface area (Å²) in [5.74, 6) is 0.954. The zero-order valence-electron chi connectivity index (χ0n) is 10.9. The first kappa shape index (κ1) is 14.7. The van der Waals surface area contributed by atoms with Crippen LogP contribution in [-0.4, -0.2) is 30.5 Å². The second-order valence-corrected chi connectivity index (χ2v) is 4.23. The second kappa shape index (κ2) is 8.72. The smallest absolute Gasteiger partial charge is 0.118 e. The van der Waals surface area contributed by atoms with Crippen LogP contribution in [0.5, 0.6) is 5.75 Å². The Hall–Kier alpha value is -1.32. The van der Waals surface area contributed by atoms with Crippen molar-refractivity contribution in [3.63, 3.8) is 0 Å². The fourth-order valence-corrected chi connectivity index (χ4v) is 1.78. The highest BCUT2D eigenvalue weighted by atomic mass is 16.5. The van der Waals surface area contributed by atoms with Gasteiger partial charge in [0.15, 0.2) is 0 Å². The third-order valence-electron chi connectivity index (χ3n) is 2.92. The molecule has 1 rings (SSSR count). The van der Waals surface area contributed by atoms with E-state index >= 15 is 0 Å². The van der Waals surface area contributed by atoms with Crippen LogP contribution in [0.2, 0.25) is 0 Å². The maximum absolute atomic E-state index is 9.40. The van der Waals surface area contributed by atoms with Crippen molar-refractivity contribution >= 4 is 0 Å². The lowest BCUT2D eigenvalue weighted by Crippen LogP contribution is -2.02. The number of hydrogen-bond acceptors (Lipinski definition) is 3. The van der Waals surface area contributed by atoms with Crippen molar-refractivity contribution in [2.24, 2.45) is 0 Å². The Morgan fingerprint density at radius 3 is 2.44 bits per heavy atom. The molecule has 18 heavy (non-hydrogen) atoms. The largest absolute Gasteiger partial charge is 0.497 e. The molecule has 0 saturated heterocycles. The van der Waals surface area contributed by atoms with Crippen LogP contribution in [0, 0.1) is 0 Å². The Balaban J connectivity index is 2.51. The molecule has 0 fully saturated rings. The molecule has 1 aromatic carbocycles. The van der Waals surface area contributed by atoms with Crippen molar-refractivity contribution < 1.29 is 14.9 Å². The number of hydrogen-bond donors (Lipinski definition) is 2. The maximum atomic E-state index is 9.40. The monoisotopic (exact) mass is 250 g/mol. The van der Waals surface area contributed by atoms with Crippen LogP contribution in [0.4, 0.5) is 0 Å². The van der Waals surface area contributed by atoms with Crippen molar-refractivity contribution in [1.29, 1.82) is 0 Å². The van der Waals surface area contributed by atoms with E-state index in [1.807, 2.05) is 24.3 Å². The number of rotatable bonds is 8. The fourth-order valence-electron chi connectivity index (χ4n) is 1.78. The molecular formula is C15H22O3. The molecule has 0 amide bonds. The molecule has 0 spiro atoms. The van der Waals surface area contributed by atoms with Crippen LogP contribution in [-0.2, 0) is 0 Å². The Morgan fingerprint density at radius 2 is 1.89 bits per heavy atom. The summed E-state index contributed by atoms with van der Waals surface area (Å²) in [5.41, 5.74) is 1.12. The number of allylic oxidation sites excluding steroid dienone is 2. The quantitative estimate of drug-likeness (QED) is 0.550. The molecule has 1 atom stereocenters. The minimum absolute atomic E-state index is 0.126. The van der Waals surface area contributed by atoms with Crippen LogP contribution in [0.15, 0.2) is 36.4 Å². The van der Waals surface area contributed by atoms with Gasteiger partial charge in [-0.15, -0.1) is 0 Å². The molecule has 0 radical (unpaired) electrons. The molecule has 0 aromatic heterocycles. The van der Waals surface area contributed by atoms with Gasteiger partial charge in [-0.25, -0.2) is 0 Å². The molecule has 100 valence electrons. The number of unbranched alkanes of at least 4 members (excludes halogenated alkanes) is 1. The van der Waals surface area contributed by atoms with Gasteiger partial charge in [0.05, 0.1) is 13.7 Å². The Kier molecular flexibility index (Phi) is 7.14. The van der Waals surface area contributed by atoms with E-state index in [-0.39, 0.29) is 19.1 Å². The van der Waals surface area contributed by atoms with E-state index in [0.717, 1.165) is 30.6 Å². The first-order valence-electron chi connectivity index (χ1n) is 6.32. The van der Waals surface area contributed by atoms with Crippen molar-refractivity contribution in [3.05, 3.63) is 42.0 Å². The summed E-state index contributed by atoms with van der Waals surface area (Å²) in [4.78, 5) is 0. The molecule has 0 aliphatic heterocycles. The van der Waals surface area contributed by atoms with E-state index < -0.39 is 0 Å². The second-order valence-electron chi connectivity index (χ2n) is 4.23. The van der Waals surface area contributed by atoms with Gasteiger partial charge >= 0.3 is 0 Å². The van der Waals surface area contributed by atoms with Crippen molar-refractivity contribution in [1.82, 2.24) is 0 Å². The lowest BCUT2D eigenvalue weighted by molar-refractivity contribution is 0.265. The Bertz CT molecular complexity index is 343. The van der Waals surface area contributed by atoms with Gasteiger partial charge in [-0.05, 0) is 37.0 Å². The highest BCUT2D eigenvalue weighted by Crippen LogP contribution is 2.22. The molecule has 2 N–H and O–H groups in total. The number of aliphatic hydroxyl groups excluding tert-OH is 2. The molecule has 0 aliphatic carbocycles. The average molecular weight is 250 g/mol. The summed E-state index contributed by atoms with van der Waals surface area (Å²) >= 11 is 0.